The number of benzene rings is 3. The molecule has 0 radical (unpaired) electrons. The van der Waals surface area contributed by atoms with Crippen molar-refractivity contribution in [1.29, 1.82) is 0 Å². The number of carboxylic acids is 1. The SMILES string of the molecule is COC(=O)c1cccc(C(=O)N[C@H](Cc2ccc(-c3ccccc3)cc2)C(=O)O)c1. The van der Waals surface area contributed by atoms with Gasteiger partial charge in [0.1, 0.15) is 6.04 Å². The van der Waals surface area contributed by atoms with E-state index in [1.807, 2.05) is 54.6 Å². The van der Waals surface area contributed by atoms with Crippen molar-refractivity contribution in [2.24, 2.45) is 0 Å². The maximum absolute atomic E-state index is 12.5. The number of ether oxygens (including phenoxy) is 1. The molecule has 2 N–H and O–H groups in total. The summed E-state index contributed by atoms with van der Waals surface area (Å²) >= 11 is 0. The van der Waals surface area contributed by atoms with Crippen molar-refractivity contribution in [2.75, 3.05) is 7.11 Å². The summed E-state index contributed by atoms with van der Waals surface area (Å²) in [6.07, 6.45) is 0.132. The van der Waals surface area contributed by atoms with E-state index in [1.165, 1.54) is 25.3 Å². The monoisotopic (exact) mass is 403 g/mol. The smallest absolute Gasteiger partial charge is 0.337 e. The van der Waals surface area contributed by atoms with Gasteiger partial charge in [-0.3, -0.25) is 4.79 Å². The summed E-state index contributed by atoms with van der Waals surface area (Å²) < 4.78 is 4.65. The highest BCUT2D eigenvalue weighted by Crippen LogP contribution is 2.20. The molecule has 0 bridgehead atoms. The normalized spacial score (nSPS) is 11.4. The number of methoxy groups -OCH3 is 1. The molecule has 3 rings (SSSR count). The second-order valence-electron chi connectivity index (χ2n) is 6.70. The van der Waals surface area contributed by atoms with Crippen molar-refractivity contribution >= 4 is 17.8 Å². The zero-order valence-electron chi connectivity index (χ0n) is 16.4. The first-order valence-corrected chi connectivity index (χ1v) is 9.34. The van der Waals surface area contributed by atoms with Gasteiger partial charge in [0.05, 0.1) is 12.7 Å². The molecule has 30 heavy (non-hydrogen) atoms. The average Bonchev–Trinajstić information content (AvgIpc) is 2.79. The fraction of sp³-hybridized carbons (Fsp3) is 0.125. The number of carbonyl (C=O) groups excluding carboxylic acids is 2. The van der Waals surface area contributed by atoms with Crippen LogP contribution in [0.5, 0.6) is 0 Å². The van der Waals surface area contributed by atoms with E-state index < -0.39 is 23.9 Å². The molecule has 152 valence electrons. The summed E-state index contributed by atoms with van der Waals surface area (Å²) in [4.78, 5) is 35.9. The van der Waals surface area contributed by atoms with Crippen LogP contribution in [0.3, 0.4) is 0 Å². The zero-order valence-corrected chi connectivity index (χ0v) is 16.4. The molecular weight excluding hydrogens is 382 g/mol. The third-order valence-electron chi connectivity index (χ3n) is 4.65. The minimum Gasteiger partial charge on any atom is -0.480 e. The first kappa shape index (κ1) is 20.8. The van der Waals surface area contributed by atoms with Gasteiger partial charge in [0.25, 0.3) is 5.91 Å². The quantitative estimate of drug-likeness (QED) is 0.589. The fourth-order valence-electron chi connectivity index (χ4n) is 3.05. The average molecular weight is 403 g/mol. The Kier molecular flexibility index (Phi) is 6.60. The van der Waals surface area contributed by atoms with Crippen LogP contribution in [0.4, 0.5) is 0 Å². The molecule has 0 fully saturated rings. The Labute approximate surface area is 174 Å². The van der Waals surface area contributed by atoms with Gasteiger partial charge in [-0.2, -0.15) is 0 Å². The molecule has 0 aliphatic heterocycles. The van der Waals surface area contributed by atoms with E-state index in [4.69, 9.17) is 0 Å². The summed E-state index contributed by atoms with van der Waals surface area (Å²) in [7, 11) is 1.25. The summed E-state index contributed by atoms with van der Waals surface area (Å²) in [5, 5.41) is 12.1. The van der Waals surface area contributed by atoms with Gasteiger partial charge in [0, 0.05) is 12.0 Å². The van der Waals surface area contributed by atoms with Crippen LogP contribution in [0, 0.1) is 0 Å². The van der Waals surface area contributed by atoms with E-state index in [0.717, 1.165) is 16.7 Å². The minimum atomic E-state index is -1.14. The van der Waals surface area contributed by atoms with Gasteiger partial charge in [-0.1, -0.05) is 60.7 Å². The Hall–Kier alpha value is -3.93. The van der Waals surface area contributed by atoms with Gasteiger partial charge in [-0.05, 0) is 34.9 Å². The number of aliphatic carboxylic acids is 1. The fourth-order valence-corrected chi connectivity index (χ4v) is 3.05. The third kappa shape index (κ3) is 5.11. The Morgan fingerprint density at radius 3 is 2.13 bits per heavy atom. The maximum atomic E-state index is 12.5. The maximum Gasteiger partial charge on any atom is 0.337 e. The largest absolute Gasteiger partial charge is 0.480 e. The van der Waals surface area contributed by atoms with Crippen molar-refractivity contribution in [3.05, 3.63) is 95.6 Å². The summed E-state index contributed by atoms with van der Waals surface area (Å²) in [6.45, 7) is 0. The first-order chi connectivity index (χ1) is 14.5. The Balaban J connectivity index is 1.71. The van der Waals surface area contributed by atoms with Gasteiger partial charge >= 0.3 is 11.9 Å². The molecule has 0 unspecified atom stereocenters. The molecule has 6 heteroatoms. The standard InChI is InChI=1S/C24H21NO5/c1-30-24(29)20-9-5-8-19(15-20)22(26)25-21(23(27)28)14-16-10-12-18(13-11-16)17-6-3-2-4-7-17/h2-13,15,21H,14H2,1H3,(H,25,26)(H,27,28)/t21-/m1/s1. The van der Waals surface area contributed by atoms with Crippen LogP contribution in [-0.4, -0.2) is 36.1 Å². The predicted molar refractivity (Wildman–Crippen MR) is 112 cm³/mol. The number of carboxylic acid groups (broad SMARTS) is 1. The topological polar surface area (TPSA) is 92.7 Å². The number of hydrogen-bond donors (Lipinski definition) is 2. The van der Waals surface area contributed by atoms with Crippen molar-refractivity contribution in [2.45, 2.75) is 12.5 Å². The number of carbonyl (C=O) groups is 3. The van der Waals surface area contributed by atoms with Crippen LogP contribution < -0.4 is 5.32 Å². The second kappa shape index (κ2) is 9.52. The van der Waals surface area contributed by atoms with Crippen LogP contribution in [0.2, 0.25) is 0 Å². The lowest BCUT2D eigenvalue weighted by Gasteiger charge is -2.15. The lowest BCUT2D eigenvalue weighted by molar-refractivity contribution is -0.139. The Morgan fingerprint density at radius 2 is 1.50 bits per heavy atom. The van der Waals surface area contributed by atoms with E-state index >= 15 is 0 Å². The van der Waals surface area contributed by atoms with Crippen molar-refractivity contribution in [1.82, 2.24) is 5.32 Å². The number of rotatable bonds is 7. The van der Waals surface area contributed by atoms with Gasteiger partial charge in [0.2, 0.25) is 0 Å². The zero-order chi connectivity index (χ0) is 21.5. The van der Waals surface area contributed by atoms with E-state index in [-0.39, 0.29) is 17.5 Å². The number of esters is 1. The number of hydrogen-bond acceptors (Lipinski definition) is 4. The van der Waals surface area contributed by atoms with Crippen LogP contribution in [-0.2, 0) is 16.0 Å². The molecule has 0 saturated carbocycles. The van der Waals surface area contributed by atoms with Gasteiger partial charge in [-0.15, -0.1) is 0 Å². The van der Waals surface area contributed by atoms with Crippen LogP contribution in [0.25, 0.3) is 11.1 Å². The number of amides is 1. The van der Waals surface area contributed by atoms with Crippen molar-refractivity contribution < 1.29 is 24.2 Å². The number of nitrogens with one attached hydrogen (secondary N) is 1. The van der Waals surface area contributed by atoms with E-state index in [9.17, 15) is 19.5 Å². The molecule has 6 nitrogen and oxygen atoms in total. The van der Waals surface area contributed by atoms with Crippen LogP contribution in [0.1, 0.15) is 26.3 Å². The highest BCUT2D eigenvalue weighted by atomic mass is 16.5. The highest BCUT2D eigenvalue weighted by Gasteiger charge is 2.22. The molecule has 0 spiro atoms. The Bertz CT molecular complexity index is 1040. The predicted octanol–water partition coefficient (Wildman–Crippen LogP) is 3.57. The van der Waals surface area contributed by atoms with E-state index in [0.29, 0.717) is 0 Å². The first-order valence-electron chi connectivity index (χ1n) is 9.34. The lowest BCUT2D eigenvalue weighted by atomic mass is 10.0. The van der Waals surface area contributed by atoms with Crippen molar-refractivity contribution in [3.8, 4) is 11.1 Å². The third-order valence-corrected chi connectivity index (χ3v) is 4.65. The van der Waals surface area contributed by atoms with Crippen molar-refractivity contribution in [3.63, 3.8) is 0 Å². The van der Waals surface area contributed by atoms with Crippen LogP contribution >= 0.6 is 0 Å². The molecule has 0 aromatic heterocycles. The molecule has 0 aliphatic rings. The molecule has 0 saturated heterocycles. The molecule has 3 aromatic carbocycles. The molecule has 0 heterocycles. The molecular formula is C24H21NO5. The molecule has 0 aliphatic carbocycles. The lowest BCUT2D eigenvalue weighted by Crippen LogP contribution is -2.42. The van der Waals surface area contributed by atoms with Crippen LogP contribution in [0.15, 0.2) is 78.9 Å². The molecule has 1 atom stereocenters. The summed E-state index contributed by atoms with van der Waals surface area (Å²) in [5.74, 6) is -2.29. The molecule has 1 amide bonds. The Morgan fingerprint density at radius 1 is 0.867 bits per heavy atom. The van der Waals surface area contributed by atoms with E-state index in [1.54, 1.807) is 6.07 Å². The van der Waals surface area contributed by atoms with E-state index in [2.05, 4.69) is 10.1 Å². The summed E-state index contributed by atoms with van der Waals surface area (Å²) in [5.41, 5.74) is 3.27. The summed E-state index contributed by atoms with van der Waals surface area (Å²) in [6, 6.07) is 22.2. The molecule has 3 aromatic rings. The minimum absolute atomic E-state index is 0.132. The van der Waals surface area contributed by atoms with Gasteiger partial charge in [-0.25, -0.2) is 9.59 Å². The van der Waals surface area contributed by atoms with Gasteiger partial charge in [0.15, 0.2) is 0 Å². The highest BCUT2D eigenvalue weighted by molar-refractivity contribution is 5.99. The van der Waals surface area contributed by atoms with Gasteiger partial charge < -0.3 is 15.2 Å². The second-order valence-corrected chi connectivity index (χ2v) is 6.70.